The van der Waals surface area contributed by atoms with E-state index < -0.39 is 23.6 Å². The second-order valence-corrected chi connectivity index (χ2v) is 8.26. The average Bonchev–Trinajstić information content (AvgIpc) is 2.77. The number of aromatic hydroxyl groups is 1. The molecule has 0 spiro atoms. The molecular formula is C26H25NO6. The summed E-state index contributed by atoms with van der Waals surface area (Å²) in [7, 11) is 0. The van der Waals surface area contributed by atoms with E-state index in [-0.39, 0.29) is 11.5 Å². The summed E-state index contributed by atoms with van der Waals surface area (Å²) >= 11 is 0. The lowest BCUT2D eigenvalue weighted by atomic mass is 9.80. The predicted molar refractivity (Wildman–Crippen MR) is 125 cm³/mol. The molecule has 3 rings (SSSR count). The standard InChI is InChI=1S/C26H25NO6/c1-16(28)17-8-10-18(11-9-17)27-25(32)33-24(26(2,3)15-14-23(30)31)21-12-13-22(29)20-7-5-4-6-19(20)21/h4-15,24,29H,1-3H3,(H,27,32)(H,30,31)/b15-14+/t24-/m1/s1. The van der Waals surface area contributed by atoms with Gasteiger partial charge in [-0.05, 0) is 42.6 Å². The zero-order valence-corrected chi connectivity index (χ0v) is 18.5. The summed E-state index contributed by atoms with van der Waals surface area (Å²) in [6, 6.07) is 16.7. The lowest BCUT2D eigenvalue weighted by molar-refractivity contribution is -0.131. The number of phenols is 1. The highest BCUT2D eigenvalue weighted by Crippen LogP contribution is 2.42. The molecule has 1 atom stereocenters. The lowest BCUT2D eigenvalue weighted by Crippen LogP contribution is -2.28. The molecule has 0 fully saturated rings. The van der Waals surface area contributed by atoms with E-state index in [0.29, 0.717) is 27.6 Å². The number of ketones is 1. The first kappa shape index (κ1) is 23.5. The normalized spacial score (nSPS) is 12.5. The third kappa shape index (κ3) is 5.57. The van der Waals surface area contributed by atoms with E-state index in [0.717, 1.165) is 6.08 Å². The van der Waals surface area contributed by atoms with Crippen LogP contribution < -0.4 is 5.32 Å². The SMILES string of the molecule is CC(=O)c1ccc(NC(=O)O[C@H](c2ccc(O)c3ccccc23)C(C)(C)/C=C/C(=O)O)cc1. The molecule has 3 N–H and O–H groups in total. The van der Waals surface area contributed by atoms with Gasteiger partial charge in [-0.1, -0.05) is 50.3 Å². The number of carbonyl (C=O) groups excluding carboxylic acids is 2. The molecule has 7 nitrogen and oxygen atoms in total. The Morgan fingerprint density at radius 1 is 0.970 bits per heavy atom. The van der Waals surface area contributed by atoms with Gasteiger partial charge in [-0.25, -0.2) is 9.59 Å². The maximum absolute atomic E-state index is 12.8. The molecule has 0 aliphatic carbocycles. The van der Waals surface area contributed by atoms with Gasteiger partial charge >= 0.3 is 12.1 Å². The van der Waals surface area contributed by atoms with Crippen LogP contribution in [0.1, 0.15) is 42.8 Å². The van der Waals surface area contributed by atoms with Crippen LogP contribution in [0.25, 0.3) is 10.8 Å². The van der Waals surface area contributed by atoms with Gasteiger partial charge in [0.2, 0.25) is 0 Å². The number of ether oxygens (including phenoxy) is 1. The maximum Gasteiger partial charge on any atom is 0.412 e. The van der Waals surface area contributed by atoms with Gasteiger partial charge in [-0.3, -0.25) is 10.1 Å². The zero-order chi connectivity index (χ0) is 24.2. The van der Waals surface area contributed by atoms with Gasteiger partial charge in [0.15, 0.2) is 5.78 Å². The van der Waals surface area contributed by atoms with Crippen molar-refractivity contribution in [3.8, 4) is 5.75 Å². The van der Waals surface area contributed by atoms with Crippen molar-refractivity contribution in [2.24, 2.45) is 5.41 Å². The Morgan fingerprint density at radius 3 is 2.21 bits per heavy atom. The minimum Gasteiger partial charge on any atom is -0.507 e. The number of fused-ring (bicyclic) bond motifs is 1. The lowest BCUT2D eigenvalue weighted by Gasteiger charge is -2.32. The molecule has 0 aliphatic rings. The molecule has 0 bridgehead atoms. The topological polar surface area (TPSA) is 113 Å². The fraction of sp³-hybridized carbons (Fsp3) is 0.192. The van der Waals surface area contributed by atoms with Gasteiger partial charge in [0.05, 0.1) is 0 Å². The largest absolute Gasteiger partial charge is 0.507 e. The van der Waals surface area contributed by atoms with Crippen molar-refractivity contribution >= 4 is 34.3 Å². The van der Waals surface area contributed by atoms with Crippen molar-refractivity contribution in [1.82, 2.24) is 0 Å². The van der Waals surface area contributed by atoms with Crippen LogP contribution in [0, 0.1) is 5.41 Å². The van der Waals surface area contributed by atoms with Crippen LogP contribution in [-0.4, -0.2) is 28.1 Å². The number of hydrogen-bond donors (Lipinski definition) is 3. The number of carboxylic acids is 1. The van der Waals surface area contributed by atoms with Gasteiger partial charge < -0.3 is 14.9 Å². The molecule has 1 amide bonds. The second-order valence-electron chi connectivity index (χ2n) is 8.26. The highest BCUT2D eigenvalue weighted by molar-refractivity contribution is 5.95. The van der Waals surface area contributed by atoms with Crippen molar-refractivity contribution in [2.45, 2.75) is 26.9 Å². The molecule has 0 saturated heterocycles. The van der Waals surface area contributed by atoms with E-state index in [2.05, 4.69) is 5.32 Å². The molecular weight excluding hydrogens is 422 g/mol. The van der Waals surface area contributed by atoms with Crippen LogP contribution in [0.5, 0.6) is 5.75 Å². The molecule has 7 heteroatoms. The number of Topliss-reactive ketones (excluding diaryl/α,β-unsaturated/α-hetero) is 1. The summed E-state index contributed by atoms with van der Waals surface area (Å²) in [5.74, 6) is -1.12. The summed E-state index contributed by atoms with van der Waals surface area (Å²) in [4.78, 5) is 35.4. The summed E-state index contributed by atoms with van der Waals surface area (Å²) in [5.41, 5.74) is 0.666. The Bertz CT molecular complexity index is 1230. The van der Waals surface area contributed by atoms with Crippen LogP contribution in [0.4, 0.5) is 10.5 Å². The van der Waals surface area contributed by atoms with Gasteiger partial charge in [0, 0.05) is 33.7 Å². The van der Waals surface area contributed by atoms with Crippen LogP contribution in [0.15, 0.2) is 72.8 Å². The van der Waals surface area contributed by atoms with E-state index in [1.165, 1.54) is 19.1 Å². The number of amides is 1. The second kappa shape index (κ2) is 9.56. The smallest absolute Gasteiger partial charge is 0.412 e. The minimum absolute atomic E-state index is 0.0852. The van der Waals surface area contributed by atoms with Gasteiger partial charge in [0.1, 0.15) is 11.9 Å². The number of carboxylic acid groups (broad SMARTS) is 1. The summed E-state index contributed by atoms with van der Waals surface area (Å²) in [6.45, 7) is 4.97. The molecule has 3 aromatic rings. The van der Waals surface area contributed by atoms with Gasteiger partial charge in [0.25, 0.3) is 0 Å². The number of phenolic OH excluding ortho intramolecular Hbond substituents is 1. The number of carbonyl (C=O) groups is 3. The van der Waals surface area contributed by atoms with Crippen LogP contribution in [0.3, 0.4) is 0 Å². The summed E-state index contributed by atoms with van der Waals surface area (Å²) < 4.78 is 5.82. The number of anilines is 1. The van der Waals surface area contributed by atoms with Crippen molar-refractivity contribution < 1.29 is 29.3 Å². The van der Waals surface area contributed by atoms with Crippen LogP contribution >= 0.6 is 0 Å². The number of rotatable bonds is 7. The quantitative estimate of drug-likeness (QED) is 0.316. The molecule has 0 saturated carbocycles. The molecule has 170 valence electrons. The molecule has 0 aromatic heterocycles. The predicted octanol–water partition coefficient (Wildman–Crippen LogP) is 5.70. The van der Waals surface area contributed by atoms with Crippen molar-refractivity contribution in [3.05, 3.63) is 83.9 Å². The number of benzene rings is 3. The molecule has 0 aliphatic heterocycles. The first-order valence-corrected chi connectivity index (χ1v) is 10.3. The molecule has 0 unspecified atom stereocenters. The zero-order valence-electron chi connectivity index (χ0n) is 18.5. The van der Waals surface area contributed by atoms with Crippen molar-refractivity contribution in [2.75, 3.05) is 5.32 Å². The van der Waals surface area contributed by atoms with Crippen LogP contribution in [0.2, 0.25) is 0 Å². The van der Waals surface area contributed by atoms with Crippen molar-refractivity contribution in [3.63, 3.8) is 0 Å². The Morgan fingerprint density at radius 2 is 1.61 bits per heavy atom. The number of hydrogen-bond acceptors (Lipinski definition) is 5. The fourth-order valence-corrected chi connectivity index (χ4v) is 3.57. The number of aliphatic carboxylic acids is 1. The maximum atomic E-state index is 12.8. The first-order valence-electron chi connectivity index (χ1n) is 10.3. The van der Waals surface area contributed by atoms with Crippen molar-refractivity contribution in [1.29, 1.82) is 0 Å². The minimum atomic E-state index is -1.12. The van der Waals surface area contributed by atoms with E-state index in [9.17, 15) is 19.5 Å². The van der Waals surface area contributed by atoms with Gasteiger partial charge in [-0.2, -0.15) is 0 Å². The molecule has 3 aromatic carbocycles. The Hall–Kier alpha value is -4.13. The highest BCUT2D eigenvalue weighted by atomic mass is 16.6. The third-order valence-corrected chi connectivity index (χ3v) is 5.31. The fourth-order valence-electron chi connectivity index (χ4n) is 3.57. The van der Waals surface area contributed by atoms with E-state index in [1.54, 1.807) is 68.4 Å². The Kier molecular flexibility index (Phi) is 6.82. The van der Waals surface area contributed by atoms with Gasteiger partial charge in [-0.15, -0.1) is 0 Å². The van der Waals surface area contributed by atoms with E-state index in [1.807, 2.05) is 0 Å². The molecule has 33 heavy (non-hydrogen) atoms. The Balaban J connectivity index is 1.98. The summed E-state index contributed by atoms with van der Waals surface area (Å²) in [5, 5.41) is 23.3. The first-order chi connectivity index (χ1) is 15.6. The Labute approximate surface area is 191 Å². The number of nitrogens with one attached hydrogen (secondary N) is 1. The summed E-state index contributed by atoms with van der Waals surface area (Å²) in [6.07, 6.45) is 0.855. The van der Waals surface area contributed by atoms with E-state index in [4.69, 9.17) is 9.84 Å². The molecule has 0 heterocycles. The third-order valence-electron chi connectivity index (χ3n) is 5.31. The highest BCUT2D eigenvalue weighted by Gasteiger charge is 2.34. The average molecular weight is 447 g/mol. The van der Waals surface area contributed by atoms with E-state index >= 15 is 0 Å². The molecule has 0 radical (unpaired) electrons. The van der Waals surface area contributed by atoms with Crippen LogP contribution in [-0.2, 0) is 9.53 Å². The monoisotopic (exact) mass is 447 g/mol.